The van der Waals surface area contributed by atoms with Gasteiger partial charge in [0.2, 0.25) is 5.91 Å². The number of hydrogen-bond acceptors (Lipinski definition) is 4. The molecule has 2 amide bonds. The number of nitrogens with zero attached hydrogens (tertiary/aromatic N) is 1. The minimum absolute atomic E-state index is 0.0220. The van der Waals surface area contributed by atoms with E-state index in [0.717, 1.165) is 19.3 Å². The third kappa shape index (κ3) is 2.81. The van der Waals surface area contributed by atoms with Crippen LogP contribution in [0.5, 0.6) is 0 Å². The number of aliphatic hydroxyl groups is 1. The summed E-state index contributed by atoms with van der Waals surface area (Å²) in [7, 11) is 0. The van der Waals surface area contributed by atoms with Gasteiger partial charge in [0.25, 0.3) is 5.91 Å². The van der Waals surface area contributed by atoms with E-state index in [-0.39, 0.29) is 17.7 Å². The Morgan fingerprint density at radius 3 is 2.72 bits per heavy atom. The molecule has 0 bridgehead atoms. The van der Waals surface area contributed by atoms with Gasteiger partial charge in [-0.3, -0.25) is 9.59 Å². The summed E-state index contributed by atoms with van der Waals surface area (Å²) in [6.45, 7) is 2.06. The minimum atomic E-state index is -1.18. The largest absolute Gasteiger partial charge is 0.382 e. The van der Waals surface area contributed by atoms with Crippen LogP contribution in [0.2, 0.25) is 0 Å². The number of likely N-dealkylation sites (tertiary alicyclic amines) is 1. The molecule has 6 nitrogen and oxygen atoms in total. The van der Waals surface area contributed by atoms with Gasteiger partial charge in [0, 0.05) is 31.6 Å². The first kappa shape index (κ1) is 13.3. The van der Waals surface area contributed by atoms with Crippen molar-refractivity contribution in [2.75, 3.05) is 19.6 Å². The molecule has 0 aromatic heterocycles. The quantitative estimate of drug-likeness (QED) is 0.589. The molecule has 6 heteroatoms. The van der Waals surface area contributed by atoms with E-state index in [1.807, 2.05) is 0 Å². The Kier molecular flexibility index (Phi) is 4.19. The Labute approximate surface area is 107 Å². The molecule has 0 aromatic carbocycles. The number of nitrogens with two attached hydrogens (primary N) is 1. The smallest absolute Gasteiger partial charge is 0.253 e. The average Bonchev–Trinajstić information content (AvgIpc) is 3.00. The normalized spacial score (nSPS) is 27.1. The third-order valence-electron chi connectivity index (χ3n) is 3.80. The highest BCUT2D eigenvalue weighted by Crippen LogP contribution is 2.18. The van der Waals surface area contributed by atoms with Crippen LogP contribution in [-0.2, 0) is 9.59 Å². The average molecular weight is 255 g/mol. The van der Waals surface area contributed by atoms with E-state index in [4.69, 9.17) is 5.73 Å². The van der Waals surface area contributed by atoms with Gasteiger partial charge in [0.15, 0.2) is 0 Å². The van der Waals surface area contributed by atoms with Crippen LogP contribution in [0.3, 0.4) is 0 Å². The lowest BCUT2D eigenvalue weighted by atomic mass is 9.95. The van der Waals surface area contributed by atoms with Gasteiger partial charge < -0.3 is 21.1 Å². The van der Waals surface area contributed by atoms with Crippen molar-refractivity contribution in [1.82, 2.24) is 10.2 Å². The standard InChI is InChI=1S/C12H21N3O3/c13-9(7-8-3-4-14-11(8)17)10(16)12(18)15-5-1-2-6-15/h8-10,16H,1-7,13H2,(H,14,17)/t8-,9?,10?/m0/s1. The number of carbonyl (C=O) groups is 2. The maximum absolute atomic E-state index is 11.9. The van der Waals surface area contributed by atoms with E-state index in [2.05, 4.69) is 5.32 Å². The molecule has 2 aliphatic rings. The molecule has 0 aliphatic carbocycles. The van der Waals surface area contributed by atoms with Crippen LogP contribution in [-0.4, -0.2) is 53.6 Å². The first-order valence-corrected chi connectivity index (χ1v) is 6.59. The predicted molar refractivity (Wildman–Crippen MR) is 65.5 cm³/mol. The summed E-state index contributed by atoms with van der Waals surface area (Å²) < 4.78 is 0. The first-order valence-electron chi connectivity index (χ1n) is 6.59. The topological polar surface area (TPSA) is 95.7 Å². The fourth-order valence-electron chi connectivity index (χ4n) is 2.64. The van der Waals surface area contributed by atoms with Crippen molar-refractivity contribution in [1.29, 1.82) is 0 Å². The summed E-state index contributed by atoms with van der Waals surface area (Å²) in [5.41, 5.74) is 5.85. The molecule has 0 spiro atoms. The van der Waals surface area contributed by atoms with E-state index < -0.39 is 12.1 Å². The molecule has 0 radical (unpaired) electrons. The Balaban J connectivity index is 1.85. The highest BCUT2D eigenvalue weighted by Gasteiger charge is 2.33. The lowest BCUT2D eigenvalue weighted by Crippen LogP contribution is -2.48. The predicted octanol–water partition coefficient (Wildman–Crippen LogP) is -1.18. The monoisotopic (exact) mass is 255 g/mol. The molecule has 2 rings (SSSR count). The van der Waals surface area contributed by atoms with Gasteiger partial charge in [-0.15, -0.1) is 0 Å². The fraction of sp³-hybridized carbons (Fsp3) is 0.833. The van der Waals surface area contributed by atoms with Crippen LogP contribution >= 0.6 is 0 Å². The Bertz CT molecular complexity index is 329. The number of aliphatic hydroxyl groups excluding tert-OH is 1. The van der Waals surface area contributed by atoms with Crippen molar-refractivity contribution in [2.45, 2.75) is 37.8 Å². The zero-order chi connectivity index (χ0) is 13.1. The van der Waals surface area contributed by atoms with Gasteiger partial charge in [0.1, 0.15) is 6.10 Å². The van der Waals surface area contributed by atoms with E-state index in [1.54, 1.807) is 4.90 Å². The van der Waals surface area contributed by atoms with Crippen LogP contribution < -0.4 is 11.1 Å². The molecular weight excluding hydrogens is 234 g/mol. The maximum atomic E-state index is 11.9. The number of carbonyl (C=O) groups excluding carboxylic acids is 2. The summed E-state index contributed by atoms with van der Waals surface area (Å²) in [6.07, 6.45) is 1.89. The molecule has 102 valence electrons. The number of rotatable bonds is 4. The van der Waals surface area contributed by atoms with Gasteiger partial charge in [-0.25, -0.2) is 0 Å². The van der Waals surface area contributed by atoms with Crippen molar-refractivity contribution in [3.05, 3.63) is 0 Å². The van der Waals surface area contributed by atoms with Gasteiger partial charge in [-0.05, 0) is 25.7 Å². The summed E-state index contributed by atoms with van der Waals surface area (Å²) >= 11 is 0. The Hall–Kier alpha value is -1.14. The molecular formula is C12H21N3O3. The molecule has 3 atom stereocenters. The van der Waals surface area contributed by atoms with Gasteiger partial charge in [-0.1, -0.05) is 0 Å². The van der Waals surface area contributed by atoms with Crippen molar-refractivity contribution in [2.24, 2.45) is 11.7 Å². The summed E-state index contributed by atoms with van der Waals surface area (Å²) in [5, 5.41) is 12.7. The first-order chi connectivity index (χ1) is 8.59. The zero-order valence-corrected chi connectivity index (χ0v) is 10.5. The lowest BCUT2D eigenvalue weighted by Gasteiger charge is -2.24. The molecule has 0 aromatic rings. The summed E-state index contributed by atoms with van der Waals surface area (Å²) in [4.78, 5) is 25.0. The fourth-order valence-corrected chi connectivity index (χ4v) is 2.64. The molecule has 2 unspecified atom stereocenters. The third-order valence-corrected chi connectivity index (χ3v) is 3.80. The Morgan fingerprint density at radius 2 is 2.17 bits per heavy atom. The number of nitrogens with one attached hydrogen (secondary N) is 1. The van der Waals surface area contributed by atoms with E-state index >= 15 is 0 Å². The second kappa shape index (κ2) is 5.67. The van der Waals surface area contributed by atoms with Gasteiger partial charge >= 0.3 is 0 Å². The van der Waals surface area contributed by atoms with Crippen molar-refractivity contribution in [3.8, 4) is 0 Å². The number of amides is 2. The van der Waals surface area contributed by atoms with Gasteiger partial charge in [0.05, 0.1) is 0 Å². The molecule has 2 fully saturated rings. The maximum Gasteiger partial charge on any atom is 0.253 e. The van der Waals surface area contributed by atoms with E-state index in [9.17, 15) is 14.7 Å². The van der Waals surface area contributed by atoms with Crippen LogP contribution in [0.4, 0.5) is 0 Å². The molecule has 2 saturated heterocycles. The number of hydrogen-bond donors (Lipinski definition) is 3. The van der Waals surface area contributed by atoms with Crippen molar-refractivity contribution < 1.29 is 14.7 Å². The van der Waals surface area contributed by atoms with Crippen LogP contribution in [0.15, 0.2) is 0 Å². The highest BCUT2D eigenvalue weighted by atomic mass is 16.3. The van der Waals surface area contributed by atoms with Crippen molar-refractivity contribution in [3.63, 3.8) is 0 Å². The molecule has 18 heavy (non-hydrogen) atoms. The Morgan fingerprint density at radius 1 is 1.50 bits per heavy atom. The molecule has 2 aliphatic heterocycles. The lowest BCUT2D eigenvalue weighted by molar-refractivity contribution is -0.140. The van der Waals surface area contributed by atoms with Crippen LogP contribution in [0.25, 0.3) is 0 Å². The SMILES string of the molecule is NC(C[C@@H]1CCNC1=O)C(O)C(=O)N1CCCC1. The zero-order valence-electron chi connectivity index (χ0n) is 10.5. The second-order valence-corrected chi connectivity index (χ2v) is 5.15. The van der Waals surface area contributed by atoms with E-state index in [1.165, 1.54) is 0 Å². The molecule has 2 heterocycles. The van der Waals surface area contributed by atoms with E-state index in [0.29, 0.717) is 26.1 Å². The highest BCUT2D eigenvalue weighted by molar-refractivity contribution is 5.83. The van der Waals surface area contributed by atoms with Crippen LogP contribution in [0, 0.1) is 5.92 Å². The van der Waals surface area contributed by atoms with Crippen LogP contribution in [0.1, 0.15) is 25.7 Å². The summed E-state index contributed by atoms with van der Waals surface area (Å²) in [6, 6.07) is -0.660. The minimum Gasteiger partial charge on any atom is -0.382 e. The van der Waals surface area contributed by atoms with Gasteiger partial charge in [-0.2, -0.15) is 0 Å². The van der Waals surface area contributed by atoms with Crippen molar-refractivity contribution >= 4 is 11.8 Å². The summed E-state index contributed by atoms with van der Waals surface area (Å²) in [5.74, 6) is -0.481. The molecule has 0 saturated carbocycles. The molecule has 4 N–H and O–H groups in total. The second-order valence-electron chi connectivity index (χ2n) is 5.15.